The number of rotatable bonds is 7. The molecular formula is C19H17ClF3NO4. The van der Waals surface area contributed by atoms with Gasteiger partial charge >= 0.3 is 18.2 Å². The lowest BCUT2D eigenvalue weighted by molar-refractivity contribution is -0.187. The fraction of sp³-hybridized carbons (Fsp3) is 0.263. The second kappa shape index (κ2) is 9.98. The highest BCUT2D eigenvalue weighted by Crippen LogP contribution is 2.16. The van der Waals surface area contributed by atoms with Crippen LogP contribution in [0.25, 0.3) is 0 Å². The quantitative estimate of drug-likeness (QED) is 0.685. The number of carbonyl (C=O) groups is 2. The fourth-order valence-corrected chi connectivity index (χ4v) is 2.34. The predicted molar refractivity (Wildman–Crippen MR) is 95.7 cm³/mol. The summed E-state index contributed by atoms with van der Waals surface area (Å²) in [6, 6.07) is 13.7. The van der Waals surface area contributed by atoms with Gasteiger partial charge in [-0.05, 0) is 23.3 Å². The summed E-state index contributed by atoms with van der Waals surface area (Å²) < 4.78 is 46.2. The van der Waals surface area contributed by atoms with E-state index in [4.69, 9.17) is 16.3 Å². The Bertz CT molecular complexity index is 782. The van der Waals surface area contributed by atoms with Crippen molar-refractivity contribution < 1.29 is 32.2 Å². The van der Waals surface area contributed by atoms with E-state index in [9.17, 15) is 22.8 Å². The van der Waals surface area contributed by atoms with Crippen molar-refractivity contribution in [1.29, 1.82) is 0 Å². The first-order valence-corrected chi connectivity index (χ1v) is 8.56. The van der Waals surface area contributed by atoms with Crippen LogP contribution in [-0.4, -0.2) is 30.9 Å². The monoisotopic (exact) mass is 415 g/mol. The van der Waals surface area contributed by atoms with Gasteiger partial charge in [-0.1, -0.05) is 54.1 Å². The van der Waals surface area contributed by atoms with Crippen LogP contribution in [0.3, 0.4) is 0 Å². The summed E-state index contributed by atoms with van der Waals surface area (Å²) >= 11 is 5.79. The molecule has 0 aliphatic heterocycles. The van der Waals surface area contributed by atoms with E-state index in [1.807, 2.05) is 0 Å². The van der Waals surface area contributed by atoms with Crippen LogP contribution in [0.15, 0.2) is 54.6 Å². The molecule has 0 bridgehead atoms. The Morgan fingerprint density at radius 1 is 0.964 bits per heavy atom. The van der Waals surface area contributed by atoms with E-state index in [1.165, 1.54) is 0 Å². The molecule has 9 heteroatoms. The first-order valence-electron chi connectivity index (χ1n) is 8.18. The Kier molecular flexibility index (Phi) is 7.69. The Labute approximate surface area is 164 Å². The molecule has 0 saturated heterocycles. The molecule has 28 heavy (non-hydrogen) atoms. The van der Waals surface area contributed by atoms with Crippen LogP contribution in [0.1, 0.15) is 11.1 Å². The molecule has 0 heterocycles. The average Bonchev–Trinajstić information content (AvgIpc) is 2.66. The first kappa shape index (κ1) is 21.6. The van der Waals surface area contributed by atoms with Gasteiger partial charge in [0.05, 0.1) is 0 Å². The number of benzene rings is 2. The summed E-state index contributed by atoms with van der Waals surface area (Å²) in [6.07, 6.45) is -5.71. The molecule has 0 unspecified atom stereocenters. The van der Waals surface area contributed by atoms with Gasteiger partial charge in [-0.3, -0.25) is 0 Å². The summed E-state index contributed by atoms with van der Waals surface area (Å²) in [5.74, 6) is -1.22. The lowest BCUT2D eigenvalue weighted by Crippen LogP contribution is -2.44. The highest BCUT2D eigenvalue weighted by atomic mass is 35.5. The van der Waals surface area contributed by atoms with Gasteiger partial charge in [0.2, 0.25) is 0 Å². The molecule has 0 spiro atoms. The number of alkyl carbamates (subject to hydrolysis) is 1. The zero-order valence-corrected chi connectivity index (χ0v) is 15.3. The van der Waals surface area contributed by atoms with Gasteiger partial charge in [-0.2, -0.15) is 13.2 Å². The second-order valence-electron chi connectivity index (χ2n) is 5.81. The number of nitrogens with one attached hydrogen (secondary N) is 1. The van der Waals surface area contributed by atoms with E-state index >= 15 is 0 Å². The third-order valence-corrected chi connectivity index (χ3v) is 3.77. The van der Waals surface area contributed by atoms with E-state index in [0.717, 1.165) is 0 Å². The summed E-state index contributed by atoms with van der Waals surface area (Å²) in [5.41, 5.74) is 1.29. The Morgan fingerprint density at radius 2 is 1.61 bits per heavy atom. The molecule has 2 aromatic rings. The maximum absolute atomic E-state index is 12.3. The van der Waals surface area contributed by atoms with Gasteiger partial charge in [0, 0.05) is 11.4 Å². The van der Waals surface area contributed by atoms with Crippen molar-refractivity contribution in [3.63, 3.8) is 0 Å². The summed E-state index contributed by atoms with van der Waals surface area (Å²) in [5, 5.41) is 2.70. The average molecular weight is 416 g/mol. The lowest BCUT2D eigenvalue weighted by atomic mass is 10.1. The highest BCUT2D eigenvalue weighted by Gasteiger charge is 2.32. The lowest BCUT2D eigenvalue weighted by Gasteiger charge is -2.18. The summed E-state index contributed by atoms with van der Waals surface area (Å²) in [4.78, 5) is 24.0. The number of carbonyl (C=O) groups excluding carboxylic acids is 2. The van der Waals surface area contributed by atoms with Crippen LogP contribution in [0, 0.1) is 0 Å². The minimum absolute atomic E-state index is 0.0576. The molecule has 150 valence electrons. The van der Waals surface area contributed by atoms with Crippen LogP contribution >= 0.6 is 11.6 Å². The Balaban J connectivity index is 2.00. The number of hydrogen-bond donors (Lipinski definition) is 1. The van der Waals surface area contributed by atoms with E-state index in [1.54, 1.807) is 54.6 Å². The highest BCUT2D eigenvalue weighted by molar-refractivity contribution is 6.30. The smallest absolute Gasteiger partial charge is 0.422 e. The van der Waals surface area contributed by atoms with Crippen molar-refractivity contribution >= 4 is 23.7 Å². The summed E-state index contributed by atoms with van der Waals surface area (Å²) in [6.45, 7) is -1.80. The van der Waals surface area contributed by atoms with Crippen LogP contribution in [0.2, 0.25) is 5.02 Å². The molecule has 0 saturated carbocycles. The van der Waals surface area contributed by atoms with Crippen LogP contribution in [0.4, 0.5) is 18.0 Å². The number of esters is 1. The number of halogens is 4. The normalized spacial score (nSPS) is 12.1. The van der Waals surface area contributed by atoms with Crippen molar-refractivity contribution in [2.75, 3.05) is 6.61 Å². The van der Waals surface area contributed by atoms with Crippen molar-refractivity contribution in [2.45, 2.75) is 25.2 Å². The predicted octanol–water partition coefficient (Wildman–Crippen LogP) is 4.28. The zero-order valence-electron chi connectivity index (χ0n) is 14.5. The van der Waals surface area contributed by atoms with E-state index in [0.29, 0.717) is 16.1 Å². The third kappa shape index (κ3) is 7.87. The van der Waals surface area contributed by atoms with Crippen molar-refractivity contribution in [2.24, 2.45) is 0 Å². The number of hydrogen-bond acceptors (Lipinski definition) is 4. The van der Waals surface area contributed by atoms with Gasteiger partial charge in [0.15, 0.2) is 6.61 Å². The van der Waals surface area contributed by atoms with E-state index in [-0.39, 0.29) is 13.0 Å². The van der Waals surface area contributed by atoms with Crippen LogP contribution in [0.5, 0.6) is 0 Å². The molecule has 0 radical (unpaired) electrons. The Hall–Kier alpha value is -2.74. The SMILES string of the molecule is O=C(N[C@@H](Cc1ccc(Cl)cc1)C(=O)OCC(F)(F)F)OCc1ccccc1. The molecule has 5 nitrogen and oxygen atoms in total. The van der Waals surface area contributed by atoms with Crippen molar-refractivity contribution in [3.8, 4) is 0 Å². The van der Waals surface area contributed by atoms with E-state index in [2.05, 4.69) is 10.1 Å². The Morgan fingerprint density at radius 3 is 2.21 bits per heavy atom. The molecule has 0 aliphatic rings. The molecule has 0 aliphatic carbocycles. The maximum Gasteiger partial charge on any atom is 0.422 e. The zero-order chi connectivity index (χ0) is 20.6. The van der Waals surface area contributed by atoms with Gasteiger partial charge in [-0.25, -0.2) is 9.59 Å². The molecule has 1 amide bonds. The topological polar surface area (TPSA) is 64.6 Å². The molecule has 1 atom stereocenters. The largest absolute Gasteiger partial charge is 0.454 e. The molecule has 1 N–H and O–H groups in total. The first-order chi connectivity index (χ1) is 13.2. The molecule has 0 fully saturated rings. The van der Waals surface area contributed by atoms with Gasteiger partial charge < -0.3 is 14.8 Å². The van der Waals surface area contributed by atoms with Gasteiger partial charge in [0.25, 0.3) is 0 Å². The molecule has 2 rings (SSSR count). The van der Waals surface area contributed by atoms with Gasteiger partial charge in [-0.15, -0.1) is 0 Å². The van der Waals surface area contributed by atoms with Crippen LogP contribution in [-0.2, 0) is 27.3 Å². The fourth-order valence-electron chi connectivity index (χ4n) is 2.21. The van der Waals surface area contributed by atoms with Gasteiger partial charge in [0.1, 0.15) is 12.6 Å². The molecule has 0 aromatic heterocycles. The molecular weight excluding hydrogens is 399 g/mol. The standard InChI is InChI=1S/C19H17ClF3NO4/c20-15-8-6-13(7-9-15)10-16(17(25)28-12-19(21,22)23)24-18(26)27-11-14-4-2-1-3-5-14/h1-9,16H,10-12H2,(H,24,26)/t16-/m0/s1. The van der Waals surface area contributed by atoms with Crippen molar-refractivity contribution in [1.82, 2.24) is 5.32 Å². The minimum atomic E-state index is -4.67. The summed E-state index contributed by atoms with van der Waals surface area (Å²) in [7, 11) is 0. The molecule has 2 aromatic carbocycles. The minimum Gasteiger partial charge on any atom is -0.454 e. The van der Waals surface area contributed by atoms with E-state index < -0.39 is 30.9 Å². The number of ether oxygens (including phenoxy) is 2. The second-order valence-corrected chi connectivity index (χ2v) is 6.25. The number of alkyl halides is 3. The van der Waals surface area contributed by atoms with Crippen LogP contribution < -0.4 is 5.32 Å². The maximum atomic E-state index is 12.3. The third-order valence-electron chi connectivity index (χ3n) is 3.52. The van der Waals surface area contributed by atoms with Crippen molar-refractivity contribution in [3.05, 3.63) is 70.7 Å². The number of amides is 1.